The van der Waals surface area contributed by atoms with E-state index in [2.05, 4.69) is 10.5 Å². The number of carbonyl (C=O) groups excluding carboxylic acids is 1. The predicted molar refractivity (Wildman–Crippen MR) is 93.3 cm³/mol. The van der Waals surface area contributed by atoms with E-state index in [1.54, 1.807) is 31.2 Å². The van der Waals surface area contributed by atoms with Crippen molar-refractivity contribution in [2.24, 2.45) is 0 Å². The number of carbonyl (C=O) groups is 2. The fourth-order valence-electron chi connectivity index (χ4n) is 2.18. The van der Waals surface area contributed by atoms with Gasteiger partial charge in [-0.15, -0.1) is 11.8 Å². The van der Waals surface area contributed by atoms with Crippen molar-refractivity contribution in [1.82, 2.24) is 5.16 Å². The van der Waals surface area contributed by atoms with Crippen LogP contribution in [-0.4, -0.2) is 27.9 Å². The lowest BCUT2D eigenvalue weighted by molar-refractivity contribution is -0.138. The van der Waals surface area contributed by atoms with Crippen molar-refractivity contribution < 1.29 is 19.2 Å². The number of hydrogen-bond acceptors (Lipinski definition) is 5. The molecule has 128 valence electrons. The van der Waals surface area contributed by atoms with Crippen LogP contribution in [0, 0.1) is 13.8 Å². The molecule has 1 aromatic carbocycles. The van der Waals surface area contributed by atoms with Gasteiger partial charge in [0.25, 0.3) is 0 Å². The van der Waals surface area contributed by atoms with Gasteiger partial charge in [0.15, 0.2) is 0 Å². The SMILES string of the molecule is Cc1noc(C)c1CSCC(=O)Nc1cccc(C(C)C(=O)O)c1. The Morgan fingerprint density at radius 2 is 2.12 bits per heavy atom. The van der Waals surface area contributed by atoms with Gasteiger partial charge in [0.2, 0.25) is 5.91 Å². The van der Waals surface area contributed by atoms with Crippen LogP contribution in [0.25, 0.3) is 0 Å². The fraction of sp³-hybridized carbons (Fsp3) is 0.353. The minimum Gasteiger partial charge on any atom is -0.481 e. The molecule has 0 aliphatic rings. The number of carboxylic acid groups (broad SMARTS) is 1. The van der Waals surface area contributed by atoms with Crippen LogP contribution in [0.3, 0.4) is 0 Å². The van der Waals surface area contributed by atoms with Crippen molar-refractivity contribution >= 4 is 29.3 Å². The summed E-state index contributed by atoms with van der Waals surface area (Å²) in [6, 6.07) is 6.91. The Hall–Kier alpha value is -2.28. The van der Waals surface area contributed by atoms with E-state index < -0.39 is 11.9 Å². The van der Waals surface area contributed by atoms with Crippen LogP contribution >= 0.6 is 11.8 Å². The van der Waals surface area contributed by atoms with Crippen molar-refractivity contribution in [3.05, 3.63) is 46.8 Å². The molecule has 2 N–H and O–H groups in total. The molecule has 1 atom stereocenters. The van der Waals surface area contributed by atoms with E-state index in [-0.39, 0.29) is 5.91 Å². The zero-order chi connectivity index (χ0) is 17.7. The van der Waals surface area contributed by atoms with Crippen LogP contribution in [0.15, 0.2) is 28.8 Å². The third-order valence-corrected chi connectivity index (χ3v) is 4.66. The highest BCUT2D eigenvalue weighted by atomic mass is 32.2. The average Bonchev–Trinajstić information content (AvgIpc) is 2.86. The first-order valence-electron chi connectivity index (χ1n) is 7.50. The molecule has 1 aromatic heterocycles. The number of nitrogens with one attached hydrogen (secondary N) is 1. The molecule has 1 heterocycles. The molecule has 0 saturated heterocycles. The van der Waals surface area contributed by atoms with Crippen LogP contribution in [0.1, 0.15) is 35.4 Å². The number of anilines is 1. The molecule has 1 amide bonds. The number of aryl methyl sites for hydroxylation is 2. The maximum Gasteiger partial charge on any atom is 0.310 e. The number of aromatic nitrogens is 1. The molecule has 7 heteroatoms. The van der Waals surface area contributed by atoms with E-state index in [4.69, 9.17) is 9.63 Å². The second kappa shape index (κ2) is 8.01. The minimum atomic E-state index is -0.895. The van der Waals surface area contributed by atoms with Crippen molar-refractivity contribution in [2.75, 3.05) is 11.1 Å². The summed E-state index contributed by atoms with van der Waals surface area (Å²) in [6.07, 6.45) is 0. The van der Waals surface area contributed by atoms with Gasteiger partial charge in [0.05, 0.1) is 17.4 Å². The number of nitrogens with zero attached hydrogens (tertiary/aromatic N) is 1. The lowest BCUT2D eigenvalue weighted by Gasteiger charge is -2.10. The zero-order valence-corrected chi connectivity index (χ0v) is 14.6. The minimum absolute atomic E-state index is 0.133. The number of aliphatic carboxylic acids is 1. The van der Waals surface area contributed by atoms with Crippen LogP contribution < -0.4 is 5.32 Å². The maximum atomic E-state index is 12.0. The summed E-state index contributed by atoms with van der Waals surface area (Å²) in [5, 5.41) is 15.7. The summed E-state index contributed by atoms with van der Waals surface area (Å²) in [5.41, 5.74) is 3.12. The predicted octanol–water partition coefficient (Wildman–Crippen LogP) is 3.35. The first-order valence-corrected chi connectivity index (χ1v) is 8.66. The Kier molecular flexibility index (Phi) is 6.03. The number of thioether (sulfide) groups is 1. The number of hydrogen-bond donors (Lipinski definition) is 2. The van der Waals surface area contributed by atoms with Gasteiger partial charge in [-0.1, -0.05) is 17.3 Å². The molecule has 0 radical (unpaired) electrons. The number of amides is 1. The molecule has 0 aliphatic heterocycles. The first kappa shape index (κ1) is 18.1. The van der Waals surface area contributed by atoms with Gasteiger partial charge in [-0.05, 0) is 38.5 Å². The zero-order valence-electron chi connectivity index (χ0n) is 13.8. The fourth-order valence-corrected chi connectivity index (χ4v) is 3.16. The second-order valence-electron chi connectivity index (χ2n) is 5.53. The van der Waals surface area contributed by atoms with Gasteiger partial charge in [0, 0.05) is 17.0 Å². The highest BCUT2D eigenvalue weighted by molar-refractivity contribution is 7.99. The third kappa shape index (κ3) is 4.61. The molecule has 24 heavy (non-hydrogen) atoms. The summed E-state index contributed by atoms with van der Waals surface area (Å²) in [7, 11) is 0. The molecule has 0 bridgehead atoms. The van der Waals surface area contributed by atoms with Crippen molar-refractivity contribution in [3.63, 3.8) is 0 Å². The molecule has 2 rings (SSSR count). The van der Waals surface area contributed by atoms with E-state index in [1.807, 2.05) is 13.8 Å². The Labute approximate surface area is 144 Å². The summed E-state index contributed by atoms with van der Waals surface area (Å²) in [4.78, 5) is 23.1. The van der Waals surface area contributed by atoms with Gasteiger partial charge in [0.1, 0.15) is 5.76 Å². The van der Waals surface area contributed by atoms with Gasteiger partial charge < -0.3 is 14.9 Å². The molecule has 0 saturated carbocycles. The third-order valence-electron chi connectivity index (χ3n) is 3.70. The number of carboxylic acids is 1. The molecule has 0 spiro atoms. The summed E-state index contributed by atoms with van der Waals surface area (Å²) >= 11 is 1.48. The molecule has 1 unspecified atom stereocenters. The average molecular weight is 348 g/mol. The Balaban J connectivity index is 1.88. The van der Waals surface area contributed by atoms with E-state index >= 15 is 0 Å². The summed E-state index contributed by atoms with van der Waals surface area (Å²) < 4.78 is 5.09. The van der Waals surface area contributed by atoms with Crippen LogP contribution in [0.2, 0.25) is 0 Å². The number of rotatable bonds is 7. The Morgan fingerprint density at radius 3 is 2.75 bits per heavy atom. The van der Waals surface area contributed by atoms with Gasteiger partial charge >= 0.3 is 5.97 Å². The quantitative estimate of drug-likeness (QED) is 0.797. The van der Waals surface area contributed by atoms with E-state index in [0.29, 0.717) is 22.8 Å². The number of benzene rings is 1. The lowest BCUT2D eigenvalue weighted by Crippen LogP contribution is -2.15. The summed E-state index contributed by atoms with van der Waals surface area (Å²) in [5.74, 6) is 0.0832. The van der Waals surface area contributed by atoms with Crippen molar-refractivity contribution in [2.45, 2.75) is 32.4 Å². The largest absolute Gasteiger partial charge is 0.481 e. The summed E-state index contributed by atoms with van der Waals surface area (Å²) in [6.45, 7) is 5.34. The molecular weight excluding hydrogens is 328 g/mol. The monoisotopic (exact) mass is 348 g/mol. The molecule has 2 aromatic rings. The highest BCUT2D eigenvalue weighted by Crippen LogP contribution is 2.21. The van der Waals surface area contributed by atoms with Crippen molar-refractivity contribution in [3.8, 4) is 0 Å². The molecule has 6 nitrogen and oxygen atoms in total. The van der Waals surface area contributed by atoms with Gasteiger partial charge in [-0.25, -0.2) is 0 Å². The van der Waals surface area contributed by atoms with E-state index in [0.717, 1.165) is 17.0 Å². The molecule has 0 aliphatic carbocycles. The van der Waals surface area contributed by atoms with Crippen LogP contribution in [0.5, 0.6) is 0 Å². The van der Waals surface area contributed by atoms with Gasteiger partial charge in [-0.2, -0.15) is 0 Å². The van der Waals surface area contributed by atoms with E-state index in [1.165, 1.54) is 11.8 Å². The van der Waals surface area contributed by atoms with Crippen LogP contribution in [0.4, 0.5) is 5.69 Å². The smallest absolute Gasteiger partial charge is 0.310 e. The Morgan fingerprint density at radius 1 is 1.38 bits per heavy atom. The highest BCUT2D eigenvalue weighted by Gasteiger charge is 2.14. The molecule has 0 fully saturated rings. The second-order valence-corrected chi connectivity index (χ2v) is 6.51. The van der Waals surface area contributed by atoms with E-state index in [9.17, 15) is 9.59 Å². The maximum absolute atomic E-state index is 12.0. The molecular formula is C17H20N2O4S. The first-order chi connectivity index (χ1) is 11.4. The van der Waals surface area contributed by atoms with Crippen molar-refractivity contribution in [1.29, 1.82) is 0 Å². The topological polar surface area (TPSA) is 92.4 Å². The normalized spacial score (nSPS) is 12.0. The van der Waals surface area contributed by atoms with Gasteiger partial charge in [-0.3, -0.25) is 9.59 Å². The van der Waals surface area contributed by atoms with Crippen LogP contribution in [-0.2, 0) is 15.3 Å². The standard InChI is InChI=1S/C17H20N2O4S/c1-10(17(21)22)13-5-4-6-14(7-13)18-16(20)9-24-8-15-11(2)19-23-12(15)3/h4-7,10H,8-9H2,1-3H3,(H,18,20)(H,21,22). The Bertz CT molecular complexity index is 722. The lowest BCUT2D eigenvalue weighted by atomic mass is 10.0.